The van der Waals surface area contributed by atoms with Crippen LogP contribution in [-0.4, -0.2) is 31.3 Å². The van der Waals surface area contributed by atoms with E-state index >= 15 is 0 Å². The van der Waals surface area contributed by atoms with E-state index in [-0.39, 0.29) is 18.3 Å². The Balaban J connectivity index is 3.67. The lowest BCUT2D eigenvalue weighted by atomic mass is 10.1. The molecule has 0 aliphatic carbocycles. The predicted molar refractivity (Wildman–Crippen MR) is 60.6 cm³/mol. The first kappa shape index (κ1) is 15.1. The molecule has 16 heavy (non-hydrogen) atoms. The van der Waals surface area contributed by atoms with Crippen LogP contribution < -0.4 is 0 Å². The first-order valence-corrected chi connectivity index (χ1v) is 6.61. The van der Waals surface area contributed by atoms with Crippen molar-refractivity contribution < 1.29 is 22.5 Å². The summed E-state index contributed by atoms with van der Waals surface area (Å²) < 4.78 is 34.5. The summed E-state index contributed by atoms with van der Waals surface area (Å²) in [4.78, 5) is 11.0. The van der Waals surface area contributed by atoms with Crippen LogP contribution in [0.1, 0.15) is 26.7 Å². The van der Waals surface area contributed by atoms with Crippen molar-refractivity contribution in [2.45, 2.75) is 26.7 Å². The lowest BCUT2D eigenvalue weighted by Crippen LogP contribution is -2.14. The van der Waals surface area contributed by atoms with E-state index in [1.807, 2.05) is 0 Å². The molecular weight excluding hydrogens is 232 g/mol. The van der Waals surface area contributed by atoms with Gasteiger partial charge in [0.1, 0.15) is 0 Å². The third-order valence-corrected chi connectivity index (χ3v) is 2.91. The fourth-order valence-electron chi connectivity index (χ4n) is 1.16. The molecule has 0 aromatic rings. The number of carbonyl (C=O) groups excluding carboxylic acids is 1. The van der Waals surface area contributed by atoms with Crippen LogP contribution in [0.5, 0.6) is 0 Å². The van der Waals surface area contributed by atoms with Gasteiger partial charge in [0, 0.05) is 5.57 Å². The lowest BCUT2D eigenvalue weighted by molar-refractivity contribution is -0.139. The highest BCUT2D eigenvalue weighted by atomic mass is 32.2. The number of carbonyl (C=O) groups is 1. The van der Waals surface area contributed by atoms with Gasteiger partial charge in [0.25, 0.3) is 10.1 Å². The molecule has 0 heterocycles. The van der Waals surface area contributed by atoms with Gasteiger partial charge in [-0.05, 0) is 25.7 Å². The van der Waals surface area contributed by atoms with Crippen molar-refractivity contribution in [2.75, 3.05) is 12.4 Å². The van der Waals surface area contributed by atoms with Crippen molar-refractivity contribution >= 4 is 16.1 Å². The number of rotatable bonds is 7. The molecule has 0 spiro atoms. The van der Waals surface area contributed by atoms with Crippen molar-refractivity contribution in [1.82, 2.24) is 0 Å². The van der Waals surface area contributed by atoms with E-state index < -0.39 is 16.1 Å². The maximum absolute atomic E-state index is 11.0. The monoisotopic (exact) mass is 250 g/mol. The standard InChI is InChI=1S/C10H18O5S/c1-8(2)10(11)15-6-4-5-9(3)7-16(12,13)14/h9H,1,4-7H2,2-3H3,(H,12,13,14). The van der Waals surface area contributed by atoms with Gasteiger partial charge in [0.2, 0.25) is 0 Å². The summed E-state index contributed by atoms with van der Waals surface area (Å²) in [5.74, 6) is -0.859. The fraction of sp³-hybridized carbons (Fsp3) is 0.700. The van der Waals surface area contributed by atoms with Crippen LogP contribution in [0.2, 0.25) is 0 Å². The Bertz CT molecular complexity index is 344. The van der Waals surface area contributed by atoms with E-state index in [1.54, 1.807) is 13.8 Å². The minimum atomic E-state index is -3.91. The molecule has 94 valence electrons. The van der Waals surface area contributed by atoms with Gasteiger partial charge in [-0.25, -0.2) is 4.79 Å². The average Bonchev–Trinajstić information content (AvgIpc) is 2.08. The van der Waals surface area contributed by atoms with E-state index in [1.165, 1.54) is 0 Å². The maximum Gasteiger partial charge on any atom is 0.333 e. The Morgan fingerprint density at radius 3 is 2.50 bits per heavy atom. The Morgan fingerprint density at radius 2 is 2.06 bits per heavy atom. The van der Waals surface area contributed by atoms with Gasteiger partial charge in [-0.3, -0.25) is 4.55 Å². The van der Waals surface area contributed by atoms with Crippen LogP contribution >= 0.6 is 0 Å². The van der Waals surface area contributed by atoms with E-state index in [4.69, 9.17) is 9.29 Å². The Labute approximate surface area is 96.2 Å². The largest absolute Gasteiger partial charge is 0.462 e. The van der Waals surface area contributed by atoms with Gasteiger partial charge in [0.15, 0.2) is 0 Å². The second kappa shape index (κ2) is 6.65. The number of hydrogen-bond donors (Lipinski definition) is 1. The zero-order chi connectivity index (χ0) is 12.8. The van der Waals surface area contributed by atoms with Crippen LogP contribution in [0.15, 0.2) is 12.2 Å². The summed E-state index contributed by atoms with van der Waals surface area (Å²) in [5, 5.41) is 0. The molecule has 0 radical (unpaired) electrons. The fourth-order valence-corrected chi connectivity index (χ4v) is 2.05. The molecule has 0 aromatic heterocycles. The molecule has 1 N–H and O–H groups in total. The summed E-state index contributed by atoms with van der Waals surface area (Å²) in [6, 6.07) is 0. The van der Waals surface area contributed by atoms with Crippen molar-refractivity contribution in [2.24, 2.45) is 5.92 Å². The molecular formula is C10H18O5S. The average molecular weight is 250 g/mol. The third-order valence-electron chi connectivity index (χ3n) is 1.92. The maximum atomic E-state index is 11.0. The molecule has 1 atom stereocenters. The second-order valence-corrected chi connectivity index (χ2v) is 5.41. The van der Waals surface area contributed by atoms with E-state index in [0.29, 0.717) is 18.4 Å². The lowest BCUT2D eigenvalue weighted by Gasteiger charge is -2.09. The summed E-state index contributed by atoms with van der Waals surface area (Å²) in [6.45, 7) is 6.94. The van der Waals surface area contributed by atoms with Crippen LogP contribution in [0.4, 0.5) is 0 Å². The zero-order valence-corrected chi connectivity index (χ0v) is 10.4. The summed E-state index contributed by atoms with van der Waals surface area (Å²) >= 11 is 0. The topological polar surface area (TPSA) is 80.7 Å². The van der Waals surface area contributed by atoms with E-state index in [2.05, 4.69) is 6.58 Å². The molecule has 0 rings (SSSR count). The summed E-state index contributed by atoms with van der Waals surface area (Å²) in [5.41, 5.74) is 0.339. The first-order valence-electron chi connectivity index (χ1n) is 5.00. The number of ether oxygens (including phenoxy) is 1. The zero-order valence-electron chi connectivity index (χ0n) is 9.60. The first-order chi connectivity index (χ1) is 7.22. The Morgan fingerprint density at radius 1 is 1.50 bits per heavy atom. The van der Waals surface area contributed by atoms with Crippen LogP contribution in [0.25, 0.3) is 0 Å². The van der Waals surface area contributed by atoms with Gasteiger partial charge in [0.05, 0.1) is 12.4 Å². The number of hydrogen-bond acceptors (Lipinski definition) is 4. The highest BCUT2D eigenvalue weighted by Gasteiger charge is 2.12. The van der Waals surface area contributed by atoms with E-state index in [0.717, 1.165) is 0 Å². The van der Waals surface area contributed by atoms with Crippen molar-refractivity contribution in [1.29, 1.82) is 0 Å². The SMILES string of the molecule is C=C(C)C(=O)OCCCC(C)CS(=O)(=O)O. The van der Waals surface area contributed by atoms with Gasteiger partial charge >= 0.3 is 5.97 Å². The van der Waals surface area contributed by atoms with Crippen molar-refractivity contribution in [3.8, 4) is 0 Å². The minimum Gasteiger partial charge on any atom is -0.462 e. The minimum absolute atomic E-state index is 0.154. The summed E-state index contributed by atoms with van der Waals surface area (Å²) in [6.07, 6.45) is 1.14. The molecule has 0 saturated carbocycles. The summed E-state index contributed by atoms with van der Waals surface area (Å²) in [7, 11) is -3.91. The highest BCUT2D eigenvalue weighted by Crippen LogP contribution is 2.08. The normalized spacial score (nSPS) is 13.2. The van der Waals surface area contributed by atoms with Gasteiger partial charge < -0.3 is 4.74 Å². The molecule has 0 amide bonds. The molecule has 1 unspecified atom stereocenters. The molecule has 0 aliphatic heterocycles. The molecule has 0 bridgehead atoms. The van der Waals surface area contributed by atoms with Crippen molar-refractivity contribution in [3.63, 3.8) is 0 Å². The molecule has 6 heteroatoms. The third kappa shape index (κ3) is 8.43. The van der Waals surface area contributed by atoms with Crippen molar-refractivity contribution in [3.05, 3.63) is 12.2 Å². The van der Waals surface area contributed by atoms with Gasteiger partial charge in [-0.1, -0.05) is 13.5 Å². The Kier molecular flexibility index (Phi) is 6.28. The smallest absolute Gasteiger partial charge is 0.333 e. The number of esters is 1. The highest BCUT2D eigenvalue weighted by molar-refractivity contribution is 7.85. The quantitative estimate of drug-likeness (QED) is 0.320. The van der Waals surface area contributed by atoms with E-state index in [9.17, 15) is 13.2 Å². The van der Waals surface area contributed by atoms with Crippen LogP contribution in [-0.2, 0) is 19.6 Å². The van der Waals surface area contributed by atoms with Gasteiger partial charge in [-0.2, -0.15) is 8.42 Å². The molecule has 0 fully saturated rings. The molecule has 0 aliphatic rings. The Hall–Kier alpha value is -0.880. The van der Waals surface area contributed by atoms with Gasteiger partial charge in [-0.15, -0.1) is 0 Å². The molecule has 5 nitrogen and oxygen atoms in total. The van der Waals surface area contributed by atoms with Crippen LogP contribution in [0, 0.1) is 5.92 Å². The predicted octanol–water partition coefficient (Wildman–Crippen LogP) is 1.41. The second-order valence-electron chi connectivity index (χ2n) is 3.91. The van der Waals surface area contributed by atoms with Crippen LogP contribution in [0.3, 0.4) is 0 Å². The molecule has 0 saturated heterocycles. The molecule has 0 aromatic carbocycles.